The lowest BCUT2D eigenvalue weighted by atomic mass is 9.66. The van der Waals surface area contributed by atoms with Crippen LogP contribution in [0, 0.1) is 12.8 Å². The van der Waals surface area contributed by atoms with Gasteiger partial charge in [0.25, 0.3) is 0 Å². The maximum Gasteiger partial charge on any atom is 0.238 e. The van der Waals surface area contributed by atoms with Crippen LogP contribution in [-0.2, 0) is 4.79 Å². The van der Waals surface area contributed by atoms with Gasteiger partial charge in [0.2, 0.25) is 5.91 Å². The molecule has 1 saturated carbocycles. The monoisotopic (exact) mass is 438 g/mol. The first kappa shape index (κ1) is 22.6. The number of fused-ring (bicyclic) bond motifs is 1. The fraction of sp³-hybridized carbons (Fsp3) is 0.500. The molecular weight excluding hydrogens is 404 g/mol. The number of piperidine rings is 1. The molecule has 1 aliphatic heterocycles. The van der Waals surface area contributed by atoms with E-state index in [4.69, 9.17) is 9.47 Å². The van der Waals surface area contributed by atoms with Crippen molar-refractivity contribution in [3.05, 3.63) is 53.6 Å². The van der Waals surface area contributed by atoms with E-state index in [0.717, 1.165) is 54.0 Å². The second-order valence-electron chi connectivity index (χ2n) is 9.14. The Labute approximate surface area is 190 Å². The fourth-order valence-electron chi connectivity index (χ4n) is 5.42. The van der Waals surface area contributed by atoms with E-state index in [1.54, 1.807) is 14.2 Å². The molecule has 4 rings (SSSR count). The molecule has 1 saturated heterocycles. The van der Waals surface area contributed by atoms with Gasteiger partial charge in [-0.05, 0) is 44.4 Å². The van der Waals surface area contributed by atoms with Gasteiger partial charge in [-0.3, -0.25) is 9.69 Å². The van der Waals surface area contributed by atoms with Gasteiger partial charge in [0.15, 0.2) is 0 Å². The normalized spacial score (nSPS) is 25.6. The summed E-state index contributed by atoms with van der Waals surface area (Å²) in [5, 5.41) is 14.5. The molecule has 0 unspecified atom stereocenters. The minimum absolute atomic E-state index is 0.0485. The minimum atomic E-state index is -0.697. The number of anilines is 1. The summed E-state index contributed by atoms with van der Waals surface area (Å²) in [4.78, 5) is 15.2. The van der Waals surface area contributed by atoms with E-state index >= 15 is 0 Å². The van der Waals surface area contributed by atoms with Crippen molar-refractivity contribution in [1.29, 1.82) is 0 Å². The summed E-state index contributed by atoms with van der Waals surface area (Å²) in [6.07, 6.45) is 4.58. The predicted octanol–water partition coefficient (Wildman–Crippen LogP) is 4.32. The van der Waals surface area contributed by atoms with Crippen LogP contribution in [-0.4, -0.2) is 48.8 Å². The molecular formula is C26H34N2O4. The lowest BCUT2D eigenvalue weighted by Crippen LogP contribution is -2.56. The van der Waals surface area contributed by atoms with Crippen LogP contribution < -0.4 is 14.8 Å². The summed E-state index contributed by atoms with van der Waals surface area (Å²) < 4.78 is 11.1. The van der Waals surface area contributed by atoms with Crippen LogP contribution in [0.4, 0.5) is 5.69 Å². The van der Waals surface area contributed by atoms with Crippen LogP contribution in [0.25, 0.3) is 0 Å². The van der Waals surface area contributed by atoms with E-state index < -0.39 is 5.60 Å². The number of hydrogen-bond donors (Lipinski definition) is 2. The van der Waals surface area contributed by atoms with E-state index in [2.05, 4.69) is 10.2 Å². The standard InChI is InChI=1S/C26H34N2O4/c1-18-7-9-19(10-8-18)27-24(29)17-28-15-14-26(30)13-5-4-6-22(26)25(28)21-12-11-20(31-2)16-23(21)32-3/h7-12,16,22,25,30H,4-6,13-15,17H2,1-3H3,(H,27,29)/t22-,25-,26-/m1/s1. The molecule has 0 aromatic heterocycles. The Bertz CT molecular complexity index is 945. The van der Waals surface area contributed by atoms with Crippen LogP contribution in [0.5, 0.6) is 11.5 Å². The number of benzene rings is 2. The third-order valence-corrected chi connectivity index (χ3v) is 7.11. The van der Waals surface area contributed by atoms with Gasteiger partial charge in [0.1, 0.15) is 11.5 Å². The number of hydrogen-bond acceptors (Lipinski definition) is 5. The van der Waals surface area contributed by atoms with Crippen molar-refractivity contribution in [2.45, 2.75) is 50.7 Å². The zero-order valence-electron chi connectivity index (χ0n) is 19.3. The predicted molar refractivity (Wildman–Crippen MR) is 125 cm³/mol. The van der Waals surface area contributed by atoms with E-state index in [0.29, 0.717) is 13.0 Å². The van der Waals surface area contributed by atoms with Crippen molar-refractivity contribution in [3.63, 3.8) is 0 Å². The number of nitrogens with one attached hydrogen (secondary N) is 1. The highest BCUT2D eigenvalue weighted by Crippen LogP contribution is 2.51. The average Bonchev–Trinajstić information content (AvgIpc) is 2.80. The molecule has 0 radical (unpaired) electrons. The first-order chi connectivity index (χ1) is 15.4. The first-order valence-electron chi connectivity index (χ1n) is 11.5. The highest BCUT2D eigenvalue weighted by molar-refractivity contribution is 5.92. The number of aliphatic hydroxyl groups is 1. The Morgan fingerprint density at radius 3 is 2.62 bits per heavy atom. The fourth-order valence-corrected chi connectivity index (χ4v) is 5.42. The van der Waals surface area contributed by atoms with Crippen LogP contribution in [0.3, 0.4) is 0 Å². The summed E-state index contributed by atoms with van der Waals surface area (Å²) in [6, 6.07) is 13.6. The van der Waals surface area contributed by atoms with Crippen LogP contribution in [0.15, 0.2) is 42.5 Å². The van der Waals surface area contributed by atoms with Crippen LogP contribution in [0.1, 0.15) is 49.3 Å². The number of carbonyl (C=O) groups is 1. The number of carbonyl (C=O) groups excluding carboxylic acids is 1. The summed E-state index contributed by atoms with van der Waals surface area (Å²) >= 11 is 0. The maximum atomic E-state index is 13.0. The van der Waals surface area contributed by atoms with Gasteiger partial charge in [0, 0.05) is 35.8 Å². The molecule has 2 N–H and O–H groups in total. The number of methoxy groups -OCH3 is 2. The van der Waals surface area contributed by atoms with E-state index in [1.807, 2.05) is 49.4 Å². The molecule has 0 spiro atoms. The van der Waals surface area contributed by atoms with Crippen molar-refractivity contribution in [2.75, 3.05) is 32.6 Å². The minimum Gasteiger partial charge on any atom is -0.497 e. The zero-order chi connectivity index (χ0) is 22.7. The number of amides is 1. The highest BCUT2D eigenvalue weighted by Gasteiger charge is 2.49. The molecule has 2 aliphatic rings. The van der Waals surface area contributed by atoms with Crippen molar-refractivity contribution in [2.24, 2.45) is 5.92 Å². The number of aryl methyl sites for hydroxylation is 1. The van der Waals surface area contributed by atoms with E-state index in [1.165, 1.54) is 0 Å². The first-order valence-corrected chi connectivity index (χ1v) is 11.5. The molecule has 172 valence electrons. The number of nitrogens with zero attached hydrogens (tertiary/aromatic N) is 1. The number of rotatable bonds is 6. The third-order valence-electron chi connectivity index (χ3n) is 7.11. The summed E-state index contributed by atoms with van der Waals surface area (Å²) in [5.41, 5.74) is 2.26. The third kappa shape index (κ3) is 4.62. The molecule has 32 heavy (non-hydrogen) atoms. The molecule has 1 heterocycles. The summed E-state index contributed by atoms with van der Waals surface area (Å²) in [7, 11) is 3.29. The van der Waals surface area contributed by atoms with Crippen molar-refractivity contribution in [1.82, 2.24) is 4.90 Å². The highest BCUT2D eigenvalue weighted by atomic mass is 16.5. The van der Waals surface area contributed by atoms with Crippen LogP contribution in [0.2, 0.25) is 0 Å². The molecule has 2 fully saturated rings. The molecule has 0 bridgehead atoms. The Morgan fingerprint density at radius 2 is 1.91 bits per heavy atom. The topological polar surface area (TPSA) is 71.0 Å². The van der Waals surface area contributed by atoms with Gasteiger partial charge in [-0.1, -0.05) is 36.6 Å². The number of likely N-dealkylation sites (tertiary alicyclic amines) is 1. The smallest absolute Gasteiger partial charge is 0.238 e. The van der Waals surface area contributed by atoms with E-state index in [9.17, 15) is 9.90 Å². The van der Waals surface area contributed by atoms with Crippen LogP contribution >= 0.6 is 0 Å². The van der Waals surface area contributed by atoms with Gasteiger partial charge < -0.3 is 19.9 Å². The van der Waals surface area contributed by atoms with Gasteiger partial charge in [0.05, 0.1) is 26.4 Å². The largest absolute Gasteiger partial charge is 0.497 e. The molecule has 1 aliphatic carbocycles. The molecule has 6 nitrogen and oxygen atoms in total. The van der Waals surface area contributed by atoms with Gasteiger partial charge >= 0.3 is 0 Å². The maximum absolute atomic E-state index is 13.0. The average molecular weight is 439 g/mol. The Morgan fingerprint density at radius 1 is 1.12 bits per heavy atom. The second kappa shape index (κ2) is 9.51. The van der Waals surface area contributed by atoms with Gasteiger partial charge in [-0.15, -0.1) is 0 Å². The lowest BCUT2D eigenvalue weighted by Gasteiger charge is -2.52. The zero-order valence-corrected chi connectivity index (χ0v) is 19.3. The Kier molecular flexibility index (Phi) is 6.72. The molecule has 3 atom stereocenters. The molecule has 2 aromatic carbocycles. The quantitative estimate of drug-likeness (QED) is 0.703. The van der Waals surface area contributed by atoms with Crippen molar-refractivity contribution >= 4 is 11.6 Å². The van der Waals surface area contributed by atoms with Crippen molar-refractivity contribution < 1.29 is 19.4 Å². The molecule has 6 heteroatoms. The van der Waals surface area contributed by atoms with E-state index in [-0.39, 0.29) is 24.4 Å². The summed E-state index contributed by atoms with van der Waals surface area (Å²) in [6.45, 7) is 2.95. The summed E-state index contributed by atoms with van der Waals surface area (Å²) in [5.74, 6) is 1.46. The molecule has 1 amide bonds. The van der Waals surface area contributed by atoms with Gasteiger partial charge in [-0.25, -0.2) is 0 Å². The Hall–Kier alpha value is -2.57. The van der Waals surface area contributed by atoms with Crippen molar-refractivity contribution in [3.8, 4) is 11.5 Å². The molecule has 2 aromatic rings. The Balaban J connectivity index is 1.63. The second-order valence-corrected chi connectivity index (χ2v) is 9.14. The number of ether oxygens (including phenoxy) is 2. The van der Waals surface area contributed by atoms with Gasteiger partial charge in [-0.2, -0.15) is 0 Å². The SMILES string of the molecule is COc1ccc([C@@H]2[C@H]3CCCC[C@@]3(O)CCN2CC(=O)Nc2ccc(C)cc2)c(OC)c1. The lowest BCUT2D eigenvalue weighted by molar-refractivity contribution is -0.135.